The molecule has 2 rings (SSSR count). The lowest BCUT2D eigenvalue weighted by Gasteiger charge is -2.23. The van der Waals surface area contributed by atoms with Crippen LogP contribution in [0.4, 0.5) is 0 Å². The summed E-state index contributed by atoms with van der Waals surface area (Å²) in [6.45, 7) is 12.4. The Hall–Kier alpha value is -1.62. The largest absolute Gasteiger partial charge is 0.345 e. The van der Waals surface area contributed by atoms with Crippen LogP contribution in [0.1, 0.15) is 37.9 Å². The fraction of sp³-hybridized carbons (Fsp3) is 0.600. The van der Waals surface area contributed by atoms with Crippen LogP contribution in [0.25, 0.3) is 0 Å². The second-order valence-corrected chi connectivity index (χ2v) is 5.76. The molecule has 0 saturated heterocycles. The third-order valence-electron chi connectivity index (χ3n) is 3.19. The molecule has 0 spiro atoms. The van der Waals surface area contributed by atoms with Gasteiger partial charge in [0.15, 0.2) is 0 Å². The monoisotopic (exact) mass is 275 g/mol. The number of nitrogens with zero attached hydrogens (tertiary/aromatic N) is 4. The average molecular weight is 275 g/mol. The third-order valence-corrected chi connectivity index (χ3v) is 3.19. The van der Waals surface area contributed by atoms with Crippen LogP contribution in [0.5, 0.6) is 0 Å². The molecule has 0 aliphatic rings. The molecule has 110 valence electrons. The van der Waals surface area contributed by atoms with E-state index in [0.717, 1.165) is 32.0 Å². The summed E-state index contributed by atoms with van der Waals surface area (Å²) in [5.41, 5.74) is 2.44. The summed E-state index contributed by atoms with van der Waals surface area (Å²) in [6.07, 6.45) is 6.03. The number of nitrogens with one attached hydrogen (secondary N) is 1. The first-order chi connectivity index (χ1) is 9.56. The van der Waals surface area contributed by atoms with Gasteiger partial charge in [0.25, 0.3) is 0 Å². The van der Waals surface area contributed by atoms with E-state index < -0.39 is 0 Å². The van der Waals surface area contributed by atoms with Crippen molar-refractivity contribution in [1.29, 1.82) is 0 Å². The number of H-pyrrole nitrogens is 1. The van der Waals surface area contributed by atoms with E-state index in [1.807, 2.05) is 24.0 Å². The molecule has 0 bridgehead atoms. The maximum Gasteiger partial charge on any atom is 0.103 e. The molecule has 2 aromatic heterocycles. The van der Waals surface area contributed by atoms with Crippen LogP contribution >= 0.6 is 0 Å². The van der Waals surface area contributed by atoms with Gasteiger partial charge in [-0.2, -0.15) is 5.10 Å². The predicted molar refractivity (Wildman–Crippen MR) is 80.2 cm³/mol. The zero-order chi connectivity index (χ0) is 14.5. The van der Waals surface area contributed by atoms with Crippen LogP contribution in [0, 0.1) is 12.8 Å². The van der Waals surface area contributed by atoms with Gasteiger partial charge in [-0.1, -0.05) is 13.8 Å². The van der Waals surface area contributed by atoms with Crippen molar-refractivity contribution in [3.05, 3.63) is 35.7 Å². The Morgan fingerprint density at radius 3 is 2.65 bits per heavy atom. The average Bonchev–Trinajstić information content (AvgIpc) is 2.98. The first-order valence-electron chi connectivity index (χ1n) is 7.31. The zero-order valence-electron chi connectivity index (χ0n) is 12.9. The Labute approximate surface area is 121 Å². The van der Waals surface area contributed by atoms with Crippen LogP contribution < -0.4 is 0 Å². The highest BCUT2D eigenvalue weighted by Gasteiger charge is 2.11. The smallest absolute Gasteiger partial charge is 0.103 e. The van der Waals surface area contributed by atoms with Gasteiger partial charge in [0.05, 0.1) is 6.20 Å². The first kappa shape index (κ1) is 14.8. The summed E-state index contributed by atoms with van der Waals surface area (Å²) in [6, 6.07) is 0. The van der Waals surface area contributed by atoms with Crippen molar-refractivity contribution >= 4 is 0 Å². The lowest BCUT2D eigenvalue weighted by molar-refractivity contribution is 0.225. The predicted octanol–water partition coefficient (Wildman–Crippen LogP) is 2.59. The van der Waals surface area contributed by atoms with Crippen molar-refractivity contribution in [2.24, 2.45) is 5.92 Å². The van der Waals surface area contributed by atoms with Gasteiger partial charge in [-0.3, -0.25) is 9.58 Å². The van der Waals surface area contributed by atoms with Gasteiger partial charge in [0.1, 0.15) is 5.82 Å². The number of hydrogen-bond donors (Lipinski definition) is 1. The van der Waals surface area contributed by atoms with Crippen molar-refractivity contribution in [1.82, 2.24) is 24.6 Å². The molecule has 1 N–H and O–H groups in total. The van der Waals surface area contributed by atoms with Crippen LogP contribution in [-0.4, -0.2) is 31.2 Å². The number of rotatable bonds is 7. The van der Waals surface area contributed by atoms with Gasteiger partial charge in [-0.25, -0.2) is 4.98 Å². The fourth-order valence-corrected chi connectivity index (χ4v) is 2.41. The van der Waals surface area contributed by atoms with Crippen molar-refractivity contribution in [2.45, 2.75) is 47.3 Å². The second-order valence-electron chi connectivity index (χ2n) is 5.76. The molecule has 5 heteroatoms. The molecule has 20 heavy (non-hydrogen) atoms. The number of hydrogen-bond acceptors (Lipinski definition) is 3. The Morgan fingerprint density at radius 2 is 2.10 bits per heavy atom. The van der Waals surface area contributed by atoms with Gasteiger partial charge in [-0.15, -0.1) is 0 Å². The number of aromatic amines is 1. The van der Waals surface area contributed by atoms with E-state index in [1.165, 1.54) is 11.3 Å². The molecule has 2 aromatic rings. The number of aryl methyl sites for hydroxylation is 2. The van der Waals surface area contributed by atoms with E-state index in [1.54, 1.807) is 0 Å². The highest BCUT2D eigenvalue weighted by atomic mass is 15.3. The highest BCUT2D eigenvalue weighted by Crippen LogP contribution is 2.11. The molecule has 0 aromatic carbocycles. The van der Waals surface area contributed by atoms with Crippen molar-refractivity contribution in [2.75, 3.05) is 6.54 Å². The standard InChI is InChI=1S/C15H25N5/c1-5-20-10-14(6-17-20)9-19(8-12(2)3)11-15-7-16-13(4)18-15/h6-7,10,12H,5,8-9,11H2,1-4H3,(H,16,18). The Kier molecular flexibility index (Phi) is 4.95. The highest BCUT2D eigenvalue weighted by molar-refractivity contribution is 5.05. The molecule has 0 aliphatic carbocycles. The normalized spacial score (nSPS) is 11.7. The maximum atomic E-state index is 4.35. The summed E-state index contributed by atoms with van der Waals surface area (Å²) >= 11 is 0. The molecule has 2 heterocycles. The summed E-state index contributed by atoms with van der Waals surface area (Å²) in [5.74, 6) is 1.61. The van der Waals surface area contributed by atoms with Gasteiger partial charge in [0, 0.05) is 49.8 Å². The topological polar surface area (TPSA) is 49.7 Å². The van der Waals surface area contributed by atoms with Crippen molar-refractivity contribution < 1.29 is 0 Å². The minimum Gasteiger partial charge on any atom is -0.345 e. The van der Waals surface area contributed by atoms with E-state index in [4.69, 9.17) is 0 Å². The number of imidazole rings is 1. The third kappa shape index (κ3) is 4.20. The zero-order valence-corrected chi connectivity index (χ0v) is 12.9. The van der Waals surface area contributed by atoms with E-state index in [-0.39, 0.29) is 0 Å². The molecule has 0 amide bonds. The molecule has 0 unspecified atom stereocenters. The van der Waals surface area contributed by atoms with Gasteiger partial charge < -0.3 is 4.98 Å². The maximum absolute atomic E-state index is 4.35. The summed E-state index contributed by atoms with van der Waals surface area (Å²) in [7, 11) is 0. The Morgan fingerprint density at radius 1 is 1.30 bits per heavy atom. The lowest BCUT2D eigenvalue weighted by atomic mass is 10.2. The van der Waals surface area contributed by atoms with Crippen LogP contribution in [0.3, 0.4) is 0 Å². The quantitative estimate of drug-likeness (QED) is 0.845. The number of aromatic nitrogens is 4. The van der Waals surface area contributed by atoms with Gasteiger partial charge in [-0.05, 0) is 19.8 Å². The fourth-order valence-electron chi connectivity index (χ4n) is 2.41. The molecule has 0 saturated carbocycles. The molecule has 0 fully saturated rings. The molecular formula is C15H25N5. The van der Waals surface area contributed by atoms with Crippen molar-refractivity contribution in [3.8, 4) is 0 Å². The molecule has 5 nitrogen and oxygen atoms in total. The van der Waals surface area contributed by atoms with Gasteiger partial charge in [0.2, 0.25) is 0 Å². The summed E-state index contributed by atoms with van der Waals surface area (Å²) < 4.78 is 1.98. The summed E-state index contributed by atoms with van der Waals surface area (Å²) in [5, 5.41) is 4.35. The molecular weight excluding hydrogens is 250 g/mol. The van der Waals surface area contributed by atoms with Crippen LogP contribution in [-0.2, 0) is 19.6 Å². The minimum atomic E-state index is 0.639. The lowest BCUT2D eigenvalue weighted by Crippen LogP contribution is -2.27. The van der Waals surface area contributed by atoms with Crippen molar-refractivity contribution in [3.63, 3.8) is 0 Å². The van der Waals surface area contributed by atoms with E-state index in [0.29, 0.717) is 5.92 Å². The molecule has 0 radical (unpaired) electrons. The minimum absolute atomic E-state index is 0.639. The van der Waals surface area contributed by atoms with Gasteiger partial charge >= 0.3 is 0 Å². The molecule has 0 atom stereocenters. The van der Waals surface area contributed by atoms with Crippen LogP contribution in [0.2, 0.25) is 0 Å². The Bertz CT molecular complexity index is 526. The van der Waals surface area contributed by atoms with E-state index in [2.05, 4.69) is 46.9 Å². The first-order valence-corrected chi connectivity index (χ1v) is 7.31. The summed E-state index contributed by atoms with van der Waals surface area (Å²) in [4.78, 5) is 10.0. The SMILES string of the molecule is CCn1cc(CN(Cc2cnc(C)[nH]2)CC(C)C)cn1. The second kappa shape index (κ2) is 6.70. The van der Waals surface area contributed by atoms with Crippen LogP contribution in [0.15, 0.2) is 18.6 Å². The van der Waals surface area contributed by atoms with E-state index in [9.17, 15) is 0 Å². The Balaban J connectivity index is 2.02. The van der Waals surface area contributed by atoms with E-state index >= 15 is 0 Å². The molecule has 0 aliphatic heterocycles.